The predicted octanol–water partition coefficient (Wildman–Crippen LogP) is 4.28. The Kier molecular flexibility index (Phi) is 4.21. The Bertz CT molecular complexity index is 499. The van der Waals surface area contributed by atoms with Gasteiger partial charge in [-0.2, -0.15) is 0 Å². The van der Waals surface area contributed by atoms with Gasteiger partial charge in [-0.3, -0.25) is 0 Å². The van der Waals surface area contributed by atoms with Gasteiger partial charge in [0.2, 0.25) is 0 Å². The minimum absolute atomic E-state index is 0.263. The largest absolute Gasteiger partial charge is 0.490 e. The molecule has 0 bridgehead atoms. The van der Waals surface area contributed by atoms with Crippen LogP contribution in [0.4, 0.5) is 0 Å². The van der Waals surface area contributed by atoms with Gasteiger partial charge in [-0.1, -0.05) is 48.6 Å². The van der Waals surface area contributed by atoms with Gasteiger partial charge in [0.25, 0.3) is 0 Å². The molecule has 0 radical (unpaired) electrons. The van der Waals surface area contributed by atoms with Crippen molar-refractivity contribution < 1.29 is 9.31 Å². The van der Waals surface area contributed by atoms with Crippen molar-refractivity contribution >= 4 is 13.2 Å². The fourth-order valence-electron chi connectivity index (χ4n) is 1.98. The van der Waals surface area contributed by atoms with Gasteiger partial charge in [-0.25, -0.2) is 0 Å². The minimum Gasteiger partial charge on any atom is -0.400 e. The number of hydrogen-bond acceptors (Lipinski definition) is 2. The molecule has 0 aromatic heterocycles. The minimum atomic E-state index is -0.282. The molecule has 1 saturated heterocycles. The molecule has 0 atom stereocenters. The topological polar surface area (TPSA) is 18.5 Å². The summed E-state index contributed by atoms with van der Waals surface area (Å²) in [5, 5.41) is 0. The Labute approximate surface area is 122 Å². The predicted molar refractivity (Wildman–Crippen MR) is 85.3 cm³/mol. The average molecular weight is 270 g/mol. The molecule has 3 heteroatoms. The number of allylic oxidation sites excluding steroid dienone is 3. The Hall–Kier alpha value is -1.32. The van der Waals surface area contributed by atoms with Crippen LogP contribution in [0.1, 0.15) is 40.2 Å². The summed E-state index contributed by atoms with van der Waals surface area (Å²) in [6.07, 6.45) is 6.17. The SMILES string of the molecule is C/C(=C/C=C/c1ccccc1)B1OC(C)(C)C(C)(C)O1. The molecule has 1 fully saturated rings. The molecule has 1 aromatic carbocycles. The summed E-state index contributed by atoms with van der Waals surface area (Å²) >= 11 is 0. The van der Waals surface area contributed by atoms with Crippen LogP contribution in [0.15, 0.2) is 48.0 Å². The normalized spacial score (nSPS) is 21.6. The van der Waals surface area contributed by atoms with Crippen molar-refractivity contribution in [3.8, 4) is 0 Å². The quantitative estimate of drug-likeness (QED) is 0.603. The molecule has 0 N–H and O–H groups in total. The summed E-state index contributed by atoms with van der Waals surface area (Å²) in [7, 11) is -0.263. The molecule has 0 aliphatic carbocycles. The Morgan fingerprint density at radius 3 is 2.10 bits per heavy atom. The van der Waals surface area contributed by atoms with Crippen LogP contribution in [0.5, 0.6) is 0 Å². The summed E-state index contributed by atoms with van der Waals surface area (Å²) in [6, 6.07) is 10.2. The van der Waals surface area contributed by atoms with E-state index in [0.717, 1.165) is 5.47 Å². The van der Waals surface area contributed by atoms with E-state index >= 15 is 0 Å². The third-order valence-electron chi connectivity index (χ3n) is 4.07. The van der Waals surface area contributed by atoms with Crippen LogP contribution in [0.2, 0.25) is 0 Å². The lowest BCUT2D eigenvalue weighted by Crippen LogP contribution is -2.41. The number of rotatable bonds is 3. The molecule has 20 heavy (non-hydrogen) atoms. The van der Waals surface area contributed by atoms with E-state index in [0.29, 0.717) is 0 Å². The summed E-state index contributed by atoms with van der Waals surface area (Å²) in [6.45, 7) is 10.3. The van der Waals surface area contributed by atoms with Gasteiger partial charge in [0, 0.05) is 0 Å². The van der Waals surface area contributed by atoms with E-state index in [1.165, 1.54) is 5.56 Å². The van der Waals surface area contributed by atoms with Crippen LogP contribution < -0.4 is 0 Å². The van der Waals surface area contributed by atoms with Crippen LogP contribution in [0.3, 0.4) is 0 Å². The van der Waals surface area contributed by atoms with E-state index in [2.05, 4.69) is 52.0 Å². The lowest BCUT2D eigenvalue weighted by molar-refractivity contribution is 0.00578. The van der Waals surface area contributed by atoms with Crippen molar-refractivity contribution in [2.24, 2.45) is 0 Å². The van der Waals surface area contributed by atoms with Crippen molar-refractivity contribution in [3.63, 3.8) is 0 Å². The van der Waals surface area contributed by atoms with Crippen molar-refractivity contribution in [2.45, 2.75) is 45.8 Å². The first-order valence-electron chi connectivity index (χ1n) is 7.07. The first-order chi connectivity index (χ1) is 9.32. The molecule has 0 unspecified atom stereocenters. The van der Waals surface area contributed by atoms with Crippen LogP contribution >= 0.6 is 0 Å². The molecule has 0 saturated carbocycles. The highest BCUT2D eigenvalue weighted by Crippen LogP contribution is 2.38. The summed E-state index contributed by atoms with van der Waals surface area (Å²) in [5.41, 5.74) is 1.70. The van der Waals surface area contributed by atoms with Crippen LogP contribution in [0, 0.1) is 0 Å². The van der Waals surface area contributed by atoms with E-state index in [4.69, 9.17) is 9.31 Å². The molecule has 1 heterocycles. The smallest absolute Gasteiger partial charge is 0.400 e. The zero-order valence-corrected chi connectivity index (χ0v) is 13.0. The van der Waals surface area contributed by atoms with Crippen molar-refractivity contribution in [1.82, 2.24) is 0 Å². The number of benzene rings is 1. The van der Waals surface area contributed by atoms with Gasteiger partial charge < -0.3 is 9.31 Å². The lowest BCUT2D eigenvalue weighted by atomic mass is 9.79. The summed E-state index contributed by atoms with van der Waals surface area (Å²) in [4.78, 5) is 0. The molecule has 0 amide bonds. The molecule has 1 aliphatic rings. The highest BCUT2D eigenvalue weighted by atomic mass is 16.7. The molecular formula is C17H23BO2. The first-order valence-corrected chi connectivity index (χ1v) is 7.07. The van der Waals surface area contributed by atoms with Crippen LogP contribution in [0.25, 0.3) is 6.08 Å². The fraction of sp³-hybridized carbons (Fsp3) is 0.412. The third-order valence-corrected chi connectivity index (χ3v) is 4.07. The monoisotopic (exact) mass is 270 g/mol. The van der Waals surface area contributed by atoms with Gasteiger partial charge in [0.1, 0.15) is 0 Å². The standard InChI is InChI=1S/C17H23BO2/c1-14(10-9-13-15-11-7-6-8-12-15)18-19-16(2,3)17(4,5)20-18/h6-13H,1-5H3/b13-9+,14-10-. The van der Waals surface area contributed by atoms with Crippen LogP contribution in [-0.4, -0.2) is 18.3 Å². The lowest BCUT2D eigenvalue weighted by Gasteiger charge is -2.32. The molecule has 0 spiro atoms. The van der Waals surface area contributed by atoms with E-state index in [9.17, 15) is 0 Å². The molecule has 2 nitrogen and oxygen atoms in total. The zero-order valence-electron chi connectivity index (χ0n) is 13.0. The maximum Gasteiger partial charge on any atom is 0.490 e. The van der Waals surface area contributed by atoms with E-state index < -0.39 is 0 Å². The third kappa shape index (κ3) is 3.22. The van der Waals surface area contributed by atoms with Crippen molar-refractivity contribution in [3.05, 3.63) is 53.5 Å². The van der Waals surface area contributed by atoms with Crippen molar-refractivity contribution in [1.29, 1.82) is 0 Å². The Balaban J connectivity index is 2.04. The van der Waals surface area contributed by atoms with E-state index in [-0.39, 0.29) is 18.3 Å². The Morgan fingerprint density at radius 2 is 1.55 bits per heavy atom. The molecule has 1 aliphatic heterocycles. The Morgan fingerprint density at radius 1 is 1.00 bits per heavy atom. The van der Waals surface area contributed by atoms with E-state index in [1.807, 2.05) is 31.2 Å². The fourth-order valence-corrected chi connectivity index (χ4v) is 1.98. The molecular weight excluding hydrogens is 247 g/mol. The number of hydrogen-bond donors (Lipinski definition) is 0. The summed E-state index contributed by atoms with van der Waals surface area (Å²) in [5.74, 6) is 0. The highest BCUT2D eigenvalue weighted by molar-refractivity contribution is 6.54. The zero-order chi connectivity index (χ0) is 14.8. The van der Waals surface area contributed by atoms with Gasteiger partial charge in [-0.05, 0) is 45.7 Å². The maximum atomic E-state index is 6.00. The molecule has 2 rings (SSSR count). The second-order valence-corrected chi connectivity index (χ2v) is 6.27. The average Bonchev–Trinajstić information content (AvgIpc) is 2.60. The van der Waals surface area contributed by atoms with E-state index in [1.54, 1.807) is 0 Å². The van der Waals surface area contributed by atoms with Gasteiger partial charge in [0.05, 0.1) is 11.2 Å². The van der Waals surface area contributed by atoms with Crippen LogP contribution in [-0.2, 0) is 9.31 Å². The van der Waals surface area contributed by atoms with Crippen molar-refractivity contribution in [2.75, 3.05) is 0 Å². The van der Waals surface area contributed by atoms with Gasteiger partial charge in [0.15, 0.2) is 0 Å². The van der Waals surface area contributed by atoms with Gasteiger partial charge >= 0.3 is 7.12 Å². The molecule has 1 aromatic rings. The first kappa shape index (κ1) is 15.1. The second kappa shape index (κ2) is 5.59. The molecule has 106 valence electrons. The maximum absolute atomic E-state index is 6.00. The summed E-state index contributed by atoms with van der Waals surface area (Å²) < 4.78 is 12.0. The highest BCUT2D eigenvalue weighted by Gasteiger charge is 2.51. The van der Waals surface area contributed by atoms with Gasteiger partial charge in [-0.15, -0.1) is 0 Å². The second-order valence-electron chi connectivity index (χ2n) is 6.27.